The first-order valence-corrected chi connectivity index (χ1v) is 6.30. The van der Waals surface area contributed by atoms with Crippen LogP contribution in [0.5, 0.6) is 5.75 Å². The molecule has 108 valence electrons. The van der Waals surface area contributed by atoms with Crippen molar-refractivity contribution in [2.75, 3.05) is 0 Å². The zero-order valence-electron chi connectivity index (χ0n) is 10.8. The van der Waals surface area contributed by atoms with E-state index < -0.39 is 10.8 Å². The standard InChI is InChI=1S/C14H11ClN2O4/c15-12-5-4-11(17(19)20)7-13(12)21-8-9-2-1-3-10(6-9)14(16)18/h1-7H,8H2,(H2,16,18). The summed E-state index contributed by atoms with van der Waals surface area (Å²) in [6.45, 7) is 0.113. The molecule has 0 atom stereocenters. The maximum atomic E-state index is 11.1. The number of nitro benzene ring substituents is 1. The highest BCUT2D eigenvalue weighted by molar-refractivity contribution is 6.32. The molecule has 0 aliphatic carbocycles. The Morgan fingerprint density at radius 2 is 2.05 bits per heavy atom. The first kappa shape index (κ1) is 14.8. The Bertz CT molecular complexity index is 703. The van der Waals surface area contributed by atoms with Crippen LogP contribution in [0.4, 0.5) is 5.69 Å². The molecular formula is C14H11ClN2O4. The number of non-ortho nitro benzene ring substituents is 1. The topological polar surface area (TPSA) is 95.5 Å². The predicted octanol–water partition coefficient (Wildman–Crippen LogP) is 2.93. The van der Waals surface area contributed by atoms with Crippen molar-refractivity contribution in [3.63, 3.8) is 0 Å². The van der Waals surface area contributed by atoms with Crippen molar-refractivity contribution in [3.8, 4) is 5.75 Å². The van der Waals surface area contributed by atoms with E-state index in [0.717, 1.165) is 0 Å². The summed E-state index contributed by atoms with van der Waals surface area (Å²) in [5.74, 6) is -0.333. The van der Waals surface area contributed by atoms with Crippen LogP contribution >= 0.6 is 11.6 Å². The van der Waals surface area contributed by atoms with E-state index in [2.05, 4.69) is 0 Å². The smallest absolute Gasteiger partial charge is 0.273 e. The molecule has 0 heterocycles. The molecule has 0 spiro atoms. The molecule has 0 aromatic heterocycles. The zero-order chi connectivity index (χ0) is 15.4. The third-order valence-electron chi connectivity index (χ3n) is 2.73. The fraction of sp³-hybridized carbons (Fsp3) is 0.0714. The molecule has 0 fully saturated rings. The summed E-state index contributed by atoms with van der Waals surface area (Å²) in [5.41, 5.74) is 6.15. The highest BCUT2D eigenvalue weighted by atomic mass is 35.5. The minimum atomic E-state index is -0.537. The van der Waals surface area contributed by atoms with E-state index in [1.807, 2.05) is 0 Å². The van der Waals surface area contributed by atoms with Gasteiger partial charge in [-0.3, -0.25) is 14.9 Å². The van der Waals surface area contributed by atoms with E-state index in [9.17, 15) is 14.9 Å². The van der Waals surface area contributed by atoms with Crippen molar-refractivity contribution in [1.29, 1.82) is 0 Å². The van der Waals surface area contributed by atoms with Gasteiger partial charge in [0.05, 0.1) is 16.0 Å². The van der Waals surface area contributed by atoms with Crippen LogP contribution in [0.3, 0.4) is 0 Å². The van der Waals surface area contributed by atoms with Crippen LogP contribution in [0.15, 0.2) is 42.5 Å². The van der Waals surface area contributed by atoms with Crippen LogP contribution in [0, 0.1) is 10.1 Å². The summed E-state index contributed by atoms with van der Waals surface area (Å²) in [6, 6.07) is 10.5. The van der Waals surface area contributed by atoms with Gasteiger partial charge < -0.3 is 10.5 Å². The molecule has 2 N–H and O–H groups in total. The van der Waals surface area contributed by atoms with Gasteiger partial charge in [0.1, 0.15) is 12.4 Å². The van der Waals surface area contributed by atoms with E-state index in [1.54, 1.807) is 24.3 Å². The third kappa shape index (κ3) is 3.70. The van der Waals surface area contributed by atoms with Gasteiger partial charge in [0, 0.05) is 11.6 Å². The maximum absolute atomic E-state index is 11.1. The number of benzene rings is 2. The van der Waals surface area contributed by atoms with Gasteiger partial charge in [-0.25, -0.2) is 0 Å². The molecule has 21 heavy (non-hydrogen) atoms. The second kappa shape index (κ2) is 6.23. The van der Waals surface area contributed by atoms with Crippen LogP contribution in [0.2, 0.25) is 5.02 Å². The number of nitrogens with two attached hydrogens (primary N) is 1. The first-order chi connectivity index (χ1) is 9.97. The predicted molar refractivity (Wildman–Crippen MR) is 77.4 cm³/mol. The van der Waals surface area contributed by atoms with E-state index in [4.69, 9.17) is 22.1 Å². The van der Waals surface area contributed by atoms with Crippen molar-refractivity contribution in [1.82, 2.24) is 0 Å². The average molecular weight is 307 g/mol. The lowest BCUT2D eigenvalue weighted by molar-refractivity contribution is -0.384. The van der Waals surface area contributed by atoms with E-state index in [0.29, 0.717) is 11.1 Å². The van der Waals surface area contributed by atoms with Gasteiger partial charge in [0.15, 0.2) is 0 Å². The van der Waals surface area contributed by atoms with Crippen molar-refractivity contribution < 1.29 is 14.5 Å². The van der Waals surface area contributed by atoms with Gasteiger partial charge in [-0.1, -0.05) is 23.7 Å². The Labute approximate surface area is 125 Å². The number of hydrogen-bond donors (Lipinski definition) is 1. The molecule has 0 radical (unpaired) electrons. The molecule has 0 unspecified atom stereocenters. The van der Waals surface area contributed by atoms with Crippen molar-refractivity contribution in [3.05, 3.63) is 68.7 Å². The van der Waals surface area contributed by atoms with Crippen LogP contribution in [-0.4, -0.2) is 10.8 Å². The van der Waals surface area contributed by atoms with Crippen molar-refractivity contribution in [2.45, 2.75) is 6.61 Å². The van der Waals surface area contributed by atoms with Gasteiger partial charge in [0.2, 0.25) is 5.91 Å². The lowest BCUT2D eigenvalue weighted by Crippen LogP contribution is -2.11. The number of carbonyl (C=O) groups is 1. The Balaban J connectivity index is 2.16. The number of nitrogens with zero attached hydrogens (tertiary/aromatic N) is 1. The maximum Gasteiger partial charge on any atom is 0.273 e. The molecule has 0 saturated heterocycles. The summed E-state index contributed by atoms with van der Waals surface area (Å²) in [4.78, 5) is 21.3. The second-order valence-corrected chi connectivity index (χ2v) is 4.63. The van der Waals surface area contributed by atoms with Gasteiger partial charge in [-0.15, -0.1) is 0 Å². The summed E-state index contributed by atoms with van der Waals surface area (Å²) in [6.07, 6.45) is 0. The number of primary amides is 1. The monoisotopic (exact) mass is 306 g/mol. The lowest BCUT2D eigenvalue weighted by atomic mass is 10.1. The lowest BCUT2D eigenvalue weighted by Gasteiger charge is -2.08. The molecule has 2 aromatic rings. The van der Waals surface area contributed by atoms with E-state index in [-0.39, 0.29) is 23.1 Å². The summed E-state index contributed by atoms with van der Waals surface area (Å²) < 4.78 is 5.46. The number of amides is 1. The normalized spacial score (nSPS) is 10.1. The quantitative estimate of drug-likeness (QED) is 0.678. The van der Waals surface area contributed by atoms with Gasteiger partial charge in [-0.2, -0.15) is 0 Å². The Kier molecular flexibility index (Phi) is 4.39. The molecule has 0 aliphatic heterocycles. The Morgan fingerprint density at radius 1 is 1.29 bits per heavy atom. The SMILES string of the molecule is NC(=O)c1cccc(COc2cc([N+](=O)[O-])ccc2Cl)c1. The number of halogens is 1. The zero-order valence-corrected chi connectivity index (χ0v) is 11.5. The Hall–Kier alpha value is -2.60. The van der Waals surface area contributed by atoms with E-state index in [1.165, 1.54) is 18.2 Å². The van der Waals surface area contributed by atoms with Gasteiger partial charge in [0.25, 0.3) is 5.69 Å². The highest BCUT2D eigenvalue weighted by Gasteiger charge is 2.11. The minimum Gasteiger partial charge on any atom is -0.487 e. The number of rotatable bonds is 5. The first-order valence-electron chi connectivity index (χ1n) is 5.93. The van der Waals surface area contributed by atoms with Crippen LogP contribution in [0.1, 0.15) is 15.9 Å². The molecule has 0 bridgehead atoms. The molecule has 1 amide bonds. The highest BCUT2D eigenvalue weighted by Crippen LogP contribution is 2.29. The largest absolute Gasteiger partial charge is 0.487 e. The van der Waals surface area contributed by atoms with E-state index >= 15 is 0 Å². The van der Waals surface area contributed by atoms with Gasteiger partial charge in [-0.05, 0) is 23.8 Å². The number of ether oxygens (including phenoxy) is 1. The summed E-state index contributed by atoms with van der Waals surface area (Å²) in [7, 11) is 0. The average Bonchev–Trinajstić information content (AvgIpc) is 2.46. The minimum absolute atomic E-state index is 0.111. The molecule has 7 heteroatoms. The van der Waals surface area contributed by atoms with Gasteiger partial charge >= 0.3 is 0 Å². The molecule has 2 rings (SSSR count). The Morgan fingerprint density at radius 3 is 2.71 bits per heavy atom. The fourth-order valence-electron chi connectivity index (χ4n) is 1.69. The number of hydrogen-bond acceptors (Lipinski definition) is 4. The second-order valence-electron chi connectivity index (χ2n) is 4.23. The molecule has 6 nitrogen and oxygen atoms in total. The summed E-state index contributed by atoms with van der Waals surface area (Å²) >= 11 is 5.93. The van der Waals surface area contributed by atoms with Crippen LogP contribution in [-0.2, 0) is 6.61 Å². The molecule has 2 aromatic carbocycles. The molecular weight excluding hydrogens is 296 g/mol. The number of carbonyl (C=O) groups excluding carboxylic acids is 1. The summed E-state index contributed by atoms with van der Waals surface area (Å²) in [5, 5.41) is 11.0. The van der Waals surface area contributed by atoms with Crippen LogP contribution < -0.4 is 10.5 Å². The molecule has 0 saturated carbocycles. The van der Waals surface area contributed by atoms with Crippen LogP contribution in [0.25, 0.3) is 0 Å². The molecule has 0 aliphatic rings. The third-order valence-corrected chi connectivity index (χ3v) is 3.04. The van der Waals surface area contributed by atoms with Crippen molar-refractivity contribution in [2.24, 2.45) is 5.73 Å². The van der Waals surface area contributed by atoms with Crippen molar-refractivity contribution >= 4 is 23.2 Å². The number of nitro groups is 1. The fourth-order valence-corrected chi connectivity index (χ4v) is 1.86.